The predicted molar refractivity (Wildman–Crippen MR) is 50.2 cm³/mol. The predicted octanol–water partition coefficient (Wildman–Crippen LogP) is 0.0526. The van der Waals surface area contributed by atoms with Crippen molar-refractivity contribution < 1.29 is 5.11 Å². The van der Waals surface area contributed by atoms with Gasteiger partial charge in [-0.1, -0.05) is 6.92 Å². The summed E-state index contributed by atoms with van der Waals surface area (Å²) in [4.78, 5) is 2.35. The number of hydrogen-bond donors (Lipinski definition) is 2. The van der Waals surface area contributed by atoms with Gasteiger partial charge in [-0.25, -0.2) is 0 Å². The number of likely N-dealkylation sites (N-methyl/N-ethyl adjacent to an activating group) is 1. The Morgan fingerprint density at radius 2 is 2.42 bits per heavy atom. The van der Waals surface area contributed by atoms with Crippen LogP contribution in [-0.4, -0.2) is 48.8 Å². The SMILES string of the molecule is CCN(CCO)C1CCCNC1. The van der Waals surface area contributed by atoms with E-state index in [2.05, 4.69) is 17.1 Å². The zero-order valence-electron chi connectivity index (χ0n) is 7.92. The Balaban J connectivity index is 2.29. The summed E-state index contributed by atoms with van der Waals surface area (Å²) in [6.45, 7) is 6.56. The lowest BCUT2D eigenvalue weighted by Gasteiger charge is -2.33. The van der Waals surface area contributed by atoms with Gasteiger partial charge in [0, 0.05) is 19.1 Å². The van der Waals surface area contributed by atoms with E-state index in [9.17, 15) is 0 Å². The highest BCUT2D eigenvalue weighted by atomic mass is 16.3. The largest absolute Gasteiger partial charge is 0.395 e. The van der Waals surface area contributed by atoms with E-state index in [0.717, 1.165) is 26.2 Å². The molecule has 1 aliphatic heterocycles. The van der Waals surface area contributed by atoms with E-state index in [1.54, 1.807) is 0 Å². The molecule has 1 rings (SSSR count). The van der Waals surface area contributed by atoms with E-state index in [4.69, 9.17) is 5.11 Å². The number of aliphatic hydroxyl groups excluding tert-OH is 1. The first-order valence-electron chi connectivity index (χ1n) is 4.94. The number of aliphatic hydroxyl groups is 1. The lowest BCUT2D eigenvalue weighted by molar-refractivity contribution is 0.137. The Kier molecular flexibility index (Phi) is 4.58. The topological polar surface area (TPSA) is 35.5 Å². The second-order valence-electron chi connectivity index (χ2n) is 3.35. The third-order valence-electron chi connectivity index (χ3n) is 2.58. The number of nitrogens with one attached hydrogen (secondary N) is 1. The van der Waals surface area contributed by atoms with Gasteiger partial charge in [-0.3, -0.25) is 4.90 Å². The van der Waals surface area contributed by atoms with Crippen LogP contribution in [0.1, 0.15) is 19.8 Å². The van der Waals surface area contributed by atoms with Crippen LogP contribution in [0.3, 0.4) is 0 Å². The molecule has 0 spiro atoms. The zero-order valence-corrected chi connectivity index (χ0v) is 7.92. The molecular weight excluding hydrogens is 152 g/mol. The number of nitrogens with zero attached hydrogens (tertiary/aromatic N) is 1. The van der Waals surface area contributed by atoms with Gasteiger partial charge >= 0.3 is 0 Å². The standard InChI is InChI=1S/C9H20N2O/c1-2-11(6-7-12)9-4-3-5-10-8-9/h9-10,12H,2-8H2,1H3. The molecular formula is C9H20N2O. The van der Waals surface area contributed by atoms with E-state index in [0.29, 0.717) is 6.04 Å². The van der Waals surface area contributed by atoms with Crippen molar-refractivity contribution in [3.63, 3.8) is 0 Å². The smallest absolute Gasteiger partial charge is 0.0558 e. The van der Waals surface area contributed by atoms with Gasteiger partial charge in [-0.15, -0.1) is 0 Å². The molecule has 0 radical (unpaired) electrons. The molecule has 1 unspecified atom stereocenters. The van der Waals surface area contributed by atoms with Gasteiger partial charge in [-0.2, -0.15) is 0 Å². The normalized spacial score (nSPS) is 24.8. The third kappa shape index (κ3) is 2.73. The van der Waals surface area contributed by atoms with Gasteiger partial charge in [0.05, 0.1) is 6.61 Å². The molecule has 1 atom stereocenters. The average molecular weight is 172 g/mol. The molecule has 1 aliphatic rings. The molecule has 0 aromatic heterocycles. The van der Waals surface area contributed by atoms with Gasteiger partial charge in [0.2, 0.25) is 0 Å². The van der Waals surface area contributed by atoms with Gasteiger partial charge in [0.1, 0.15) is 0 Å². The van der Waals surface area contributed by atoms with Crippen LogP contribution in [-0.2, 0) is 0 Å². The minimum Gasteiger partial charge on any atom is -0.395 e. The number of hydrogen-bond acceptors (Lipinski definition) is 3. The minimum atomic E-state index is 0.282. The number of piperidine rings is 1. The van der Waals surface area contributed by atoms with Crippen LogP contribution in [0, 0.1) is 0 Å². The fourth-order valence-electron chi connectivity index (χ4n) is 1.87. The summed E-state index contributed by atoms with van der Waals surface area (Å²) in [6.07, 6.45) is 2.55. The molecule has 0 amide bonds. The molecule has 0 aromatic rings. The zero-order chi connectivity index (χ0) is 8.81. The molecule has 72 valence electrons. The molecule has 1 fully saturated rings. The Morgan fingerprint density at radius 1 is 1.58 bits per heavy atom. The van der Waals surface area contributed by atoms with Gasteiger partial charge < -0.3 is 10.4 Å². The van der Waals surface area contributed by atoms with Crippen LogP contribution in [0.25, 0.3) is 0 Å². The van der Waals surface area contributed by atoms with Crippen molar-refractivity contribution in [1.29, 1.82) is 0 Å². The van der Waals surface area contributed by atoms with Crippen LogP contribution < -0.4 is 5.32 Å². The highest BCUT2D eigenvalue weighted by Gasteiger charge is 2.18. The van der Waals surface area contributed by atoms with Crippen molar-refractivity contribution in [2.24, 2.45) is 0 Å². The van der Waals surface area contributed by atoms with Crippen LogP contribution in [0.15, 0.2) is 0 Å². The molecule has 0 bridgehead atoms. The van der Waals surface area contributed by atoms with E-state index in [-0.39, 0.29) is 6.61 Å². The van der Waals surface area contributed by atoms with Crippen LogP contribution in [0.4, 0.5) is 0 Å². The number of rotatable bonds is 4. The lowest BCUT2D eigenvalue weighted by Crippen LogP contribution is -2.46. The molecule has 3 heteroatoms. The lowest BCUT2D eigenvalue weighted by atomic mass is 10.1. The highest BCUT2D eigenvalue weighted by Crippen LogP contribution is 2.09. The Hall–Kier alpha value is -0.120. The van der Waals surface area contributed by atoms with Gasteiger partial charge in [0.15, 0.2) is 0 Å². The molecule has 2 N–H and O–H groups in total. The monoisotopic (exact) mass is 172 g/mol. The molecule has 0 saturated carbocycles. The quantitative estimate of drug-likeness (QED) is 0.629. The maximum Gasteiger partial charge on any atom is 0.0558 e. The van der Waals surface area contributed by atoms with Crippen molar-refractivity contribution in [3.05, 3.63) is 0 Å². The first kappa shape index (κ1) is 9.96. The Bertz CT molecular complexity index is 110. The maximum atomic E-state index is 8.84. The van der Waals surface area contributed by atoms with Crippen molar-refractivity contribution in [1.82, 2.24) is 10.2 Å². The summed E-state index contributed by atoms with van der Waals surface area (Å²) in [5.41, 5.74) is 0. The van der Waals surface area contributed by atoms with E-state index >= 15 is 0 Å². The molecule has 1 saturated heterocycles. The molecule has 0 aliphatic carbocycles. The Labute approximate surface area is 74.8 Å². The van der Waals surface area contributed by atoms with E-state index in [1.165, 1.54) is 12.8 Å². The average Bonchev–Trinajstić information content (AvgIpc) is 2.15. The summed E-state index contributed by atoms with van der Waals surface area (Å²) in [7, 11) is 0. The summed E-state index contributed by atoms with van der Waals surface area (Å²) in [5.74, 6) is 0. The van der Waals surface area contributed by atoms with E-state index in [1.807, 2.05) is 0 Å². The van der Waals surface area contributed by atoms with Crippen molar-refractivity contribution in [2.45, 2.75) is 25.8 Å². The fraction of sp³-hybridized carbons (Fsp3) is 1.00. The summed E-state index contributed by atoms with van der Waals surface area (Å²) in [6, 6.07) is 0.649. The maximum absolute atomic E-state index is 8.84. The van der Waals surface area contributed by atoms with Crippen LogP contribution in [0.5, 0.6) is 0 Å². The first-order chi connectivity index (χ1) is 5.88. The summed E-state index contributed by atoms with van der Waals surface area (Å²) in [5, 5.41) is 12.2. The van der Waals surface area contributed by atoms with Gasteiger partial charge in [0.25, 0.3) is 0 Å². The van der Waals surface area contributed by atoms with Crippen molar-refractivity contribution in [2.75, 3.05) is 32.8 Å². The highest BCUT2D eigenvalue weighted by molar-refractivity contribution is 4.77. The first-order valence-corrected chi connectivity index (χ1v) is 4.94. The van der Waals surface area contributed by atoms with E-state index < -0.39 is 0 Å². The molecule has 0 aromatic carbocycles. The molecule has 3 nitrogen and oxygen atoms in total. The minimum absolute atomic E-state index is 0.282. The van der Waals surface area contributed by atoms with Crippen molar-refractivity contribution in [3.8, 4) is 0 Å². The summed E-state index contributed by atoms with van der Waals surface area (Å²) >= 11 is 0. The molecule has 1 heterocycles. The second-order valence-corrected chi connectivity index (χ2v) is 3.35. The Morgan fingerprint density at radius 3 is 2.92 bits per heavy atom. The van der Waals surface area contributed by atoms with Gasteiger partial charge in [-0.05, 0) is 25.9 Å². The third-order valence-corrected chi connectivity index (χ3v) is 2.58. The van der Waals surface area contributed by atoms with Crippen LogP contribution >= 0.6 is 0 Å². The molecule has 12 heavy (non-hydrogen) atoms. The fourth-order valence-corrected chi connectivity index (χ4v) is 1.87. The van der Waals surface area contributed by atoms with Crippen LogP contribution in [0.2, 0.25) is 0 Å². The second kappa shape index (κ2) is 5.51. The van der Waals surface area contributed by atoms with Crippen molar-refractivity contribution >= 4 is 0 Å². The summed E-state index contributed by atoms with van der Waals surface area (Å²) < 4.78 is 0.